The fourth-order valence-corrected chi connectivity index (χ4v) is 6.01. The van der Waals surface area contributed by atoms with Gasteiger partial charge in [0.1, 0.15) is 0 Å². The highest BCUT2D eigenvalue weighted by Crippen LogP contribution is 2.36. The number of rotatable bonds is 4. The number of carbonyl (C=O) groups is 1. The molecule has 0 aromatic heterocycles. The average molecular weight is 406 g/mol. The average Bonchev–Trinajstić information content (AvgIpc) is 2.65. The molecule has 0 radical (unpaired) electrons. The van der Waals surface area contributed by atoms with Crippen LogP contribution in [0, 0.1) is 11.3 Å². The van der Waals surface area contributed by atoms with E-state index in [4.69, 9.17) is 0 Å². The van der Waals surface area contributed by atoms with Crippen LogP contribution in [-0.4, -0.2) is 37.4 Å². The summed E-state index contributed by atoms with van der Waals surface area (Å²) in [6.45, 7) is 7.72. The number of nitrogens with zero attached hydrogens (tertiary/aromatic N) is 2. The van der Waals surface area contributed by atoms with Crippen molar-refractivity contribution < 1.29 is 13.2 Å². The summed E-state index contributed by atoms with van der Waals surface area (Å²) in [6.07, 6.45) is 5.71. The van der Waals surface area contributed by atoms with Gasteiger partial charge in [0.2, 0.25) is 10.0 Å². The van der Waals surface area contributed by atoms with Gasteiger partial charge in [-0.15, -0.1) is 0 Å². The van der Waals surface area contributed by atoms with E-state index in [9.17, 15) is 13.2 Å². The van der Waals surface area contributed by atoms with Crippen LogP contribution in [0.5, 0.6) is 0 Å². The van der Waals surface area contributed by atoms with Crippen LogP contribution in [0.15, 0.2) is 34.3 Å². The Morgan fingerprint density at radius 2 is 1.93 bits per heavy atom. The molecule has 1 aliphatic heterocycles. The smallest absolute Gasteiger partial charge is 0.267 e. The molecule has 1 heterocycles. The molecule has 28 heavy (non-hydrogen) atoms. The fraction of sp³-hybridized carbons (Fsp3) is 0.619. The SMILES string of the molecule is C[C@@H]1C/C(=N/NC(=O)c2cccc(S(=O)(=O)N3CCCCC3)c2)CC(C)(C)C1. The van der Waals surface area contributed by atoms with Crippen molar-refractivity contribution in [2.24, 2.45) is 16.4 Å². The molecule has 6 nitrogen and oxygen atoms in total. The molecule has 2 fully saturated rings. The Morgan fingerprint density at radius 3 is 2.61 bits per heavy atom. The highest BCUT2D eigenvalue weighted by atomic mass is 32.2. The predicted molar refractivity (Wildman–Crippen MR) is 111 cm³/mol. The summed E-state index contributed by atoms with van der Waals surface area (Å²) in [5, 5.41) is 4.34. The summed E-state index contributed by atoms with van der Waals surface area (Å²) in [7, 11) is -3.56. The standard InChI is InChI=1S/C21H31N3O3S/c1-16-12-18(15-21(2,3)14-16)22-23-20(25)17-8-7-9-19(13-17)28(26,27)24-10-5-4-6-11-24/h7-9,13,16H,4-6,10-12,14-15H2,1-3H3,(H,23,25)/b22-18-/t16-/m1/s1. The Bertz CT molecular complexity index is 855. The Morgan fingerprint density at radius 1 is 1.21 bits per heavy atom. The van der Waals surface area contributed by atoms with Crippen molar-refractivity contribution in [3.05, 3.63) is 29.8 Å². The van der Waals surface area contributed by atoms with Gasteiger partial charge in [0, 0.05) is 24.4 Å². The zero-order valence-corrected chi connectivity index (χ0v) is 17.9. The van der Waals surface area contributed by atoms with Gasteiger partial charge in [-0.2, -0.15) is 9.41 Å². The summed E-state index contributed by atoms with van der Waals surface area (Å²) in [5.74, 6) is 0.164. The van der Waals surface area contributed by atoms with Crippen LogP contribution in [0.25, 0.3) is 0 Å². The molecule has 3 rings (SSSR count). The maximum absolute atomic E-state index is 12.8. The first-order valence-electron chi connectivity index (χ1n) is 10.1. The van der Waals surface area contributed by atoms with Gasteiger partial charge in [0.05, 0.1) is 4.90 Å². The van der Waals surface area contributed by atoms with Crippen LogP contribution in [0.3, 0.4) is 0 Å². The highest BCUT2D eigenvalue weighted by Gasteiger charge is 2.30. The lowest BCUT2D eigenvalue weighted by molar-refractivity contribution is 0.0953. The summed E-state index contributed by atoms with van der Waals surface area (Å²) >= 11 is 0. The second-order valence-electron chi connectivity index (χ2n) is 8.97. The number of benzene rings is 1. The number of carbonyl (C=O) groups excluding carboxylic acids is 1. The third kappa shape index (κ3) is 5.00. The molecule has 1 aromatic carbocycles. The number of amides is 1. The summed E-state index contributed by atoms with van der Waals surface area (Å²) in [6, 6.07) is 6.24. The van der Waals surface area contributed by atoms with E-state index in [1.807, 2.05) is 0 Å². The quantitative estimate of drug-likeness (QED) is 0.774. The van der Waals surface area contributed by atoms with Gasteiger partial charge < -0.3 is 0 Å². The Hall–Kier alpha value is -1.73. The minimum absolute atomic E-state index is 0.169. The van der Waals surface area contributed by atoms with Crippen molar-refractivity contribution in [3.63, 3.8) is 0 Å². The molecule has 0 unspecified atom stereocenters. The third-order valence-electron chi connectivity index (χ3n) is 5.53. The van der Waals surface area contributed by atoms with E-state index >= 15 is 0 Å². The van der Waals surface area contributed by atoms with Gasteiger partial charge in [0.25, 0.3) is 5.91 Å². The van der Waals surface area contributed by atoms with E-state index in [0.29, 0.717) is 24.6 Å². The van der Waals surface area contributed by atoms with Crippen molar-refractivity contribution in [1.82, 2.24) is 9.73 Å². The number of piperidine rings is 1. The van der Waals surface area contributed by atoms with Gasteiger partial charge in [-0.1, -0.05) is 33.3 Å². The first kappa shape index (κ1) is 21.0. The molecule has 1 aliphatic carbocycles. The number of hydrogen-bond acceptors (Lipinski definition) is 4. The first-order chi connectivity index (χ1) is 13.2. The van der Waals surface area contributed by atoms with E-state index in [2.05, 4.69) is 31.3 Å². The molecule has 2 aliphatic rings. The van der Waals surface area contributed by atoms with Gasteiger partial charge in [-0.3, -0.25) is 4.79 Å². The highest BCUT2D eigenvalue weighted by molar-refractivity contribution is 7.89. The summed E-state index contributed by atoms with van der Waals surface area (Å²) in [5.41, 5.74) is 4.12. The van der Waals surface area contributed by atoms with Crippen molar-refractivity contribution in [1.29, 1.82) is 0 Å². The van der Waals surface area contributed by atoms with Crippen LogP contribution < -0.4 is 5.43 Å². The van der Waals surface area contributed by atoms with Gasteiger partial charge in [-0.05, 0) is 61.6 Å². The predicted octanol–water partition coefficient (Wildman–Crippen LogP) is 3.79. The van der Waals surface area contributed by atoms with Crippen molar-refractivity contribution in [2.45, 2.75) is 64.2 Å². The molecule has 7 heteroatoms. The van der Waals surface area contributed by atoms with Crippen molar-refractivity contribution >= 4 is 21.6 Å². The molecular formula is C21H31N3O3S. The monoisotopic (exact) mass is 405 g/mol. The molecule has 1 N–H and O–H groups in total. The number of hydrazone groups is 1. The zero-order chi connectivity index (χ0) is 20.4. The Balaban J connectivity index is 1.73. The molecular weight excluding hydrogens is 374 g/mol. The molecule has 154 valence electrons. The van der Waals surface area contributed by atoms with E-state index in [1.54, 1.807) is 18.2 Å². The molecule has 1 amide bonds. The van der Waals surface area contributed by atoms with Crippen LogP contribution >= 0.6 is 0 Å². The van der Waals surface area contributed by atoms with Gasteiger partial charge in [0.15, 0.2) is 0 Å². The van der Waals surface area contributed by atoms with Crippen LogP contribution in [-0.2, 0) is 10.0 Å². The van der Waals surface area contributed by atoms with E-state index in [-0.39, 0.29) is 16.2 Å². The van der Waals surface area contributed by atoms with Crippen molar-refractivity contribution in [2.75, 3.05) is 13.1 Å². The van der Waals surface area contributed by atoms with Crippen LogP contribution in [0.2, 0.25) is 0 Å². The van der Waals surface area contributed by atoms with Crippen LogP contribution in [0.1, 0.15) is 69.7 Å². The van der Waals surface area contributed by atoms with E-state index in [1.165, 1.54) is 10.4 Å². The normalized spacial score (nSPS) is 24.8. The second kappa shape index (κ2) is 8.33. The largest absolute Gasteiger partial charge is 0.271 e. The molecule has 0 spiro atoms. The maximum Gasteiger partial charge on any atom is 0.271 e. The van der Waals surface area contributed by atoms with Crippen molar-refractivity contribution in [3.8, 4) is 0 Å². The van der Waals surface area contributed by atoms with E-state index in [0.717, 1.165) is 44.2 Å². The maximum atomic E-state index is 12.8. The van der Waals surface area contributed by atoms with E-state index < -0.39 is 10.0 Å². The lowest BCUT2D eigenvalue weighted by Gasteiger charge is -2.34. The number of hydrogen-bond donors (Lipinski definition) is 1. The second-order valence-corrected chi connectivity index (χ2v) is 10.9. The Kier molecular flexibility index (Phi) is 6.25. The molecule has 0 bridgehead atoms. The molecule has 1 aromatic rings. The van der Waals surface area contributed by atoms with Gasteiger partial charge in [-0.25, -0.2) is 13.8 Å². The minimum atomic E-state index is -3.56. The Labute approximate surface area is 168 Å². The number of nitrogens with one attached hydrogen (secondary N) is 1. The van der Waals surface area contributed by atoms with Gasteiger partial charge >= 0.3 is 0 Å². The third-order valence-corrected chi connectivity index (χ3v) is 7.43. The number of sulfonamides is 1. The zero-order valence-electron chi connectivity index (χ0n) is 17.1. The lowest BCUT2D eigenvalue weighted by Crippen LogP contribution is -2.35. The summed E-state index contributed by atoms with van der Waals surface area (Å²) in [4.78, 5) is 12.7. The van der Waals surface area contributed by atoms with Crippen LogP contribution in [0.4, 0.5) is 0 Å². The molecule has 1 saturated heterocycles. The fourth-order valence-electron chi connectivity index (χ4n) is 4.45. The minimum Gasteiger partial charge on any atom is -0.267 e. The molecule has 1 saturated carbocycles. The topological polar surface area (TPSA) is 78.8 Å². The summed E-state index contributed by atoms with van der Waals surface area (Å²) < 4.78 is 27.2. The molecule has 1 atom stereocenters. The first-order valence-corrected chi connectivity index (χ1v) is 11.6. The lowest BCUT2D eigenvalue weighted by atomic mass is 9.72.